The molecule has 1 aliphatic rings. The number of hydrogen-bond acceptors (Lipinski definition) is 5. The summed E-state index contributed by atoms with van der Waals surface area (Å²) < 4.78 is 1.75. The zero-order valence-corrected chi connectivity index (χ0v) is 14.8. The Morgan fingerprint density at radius 1 is 1.26 bits per heavy atom. The molecular weight excluding hydrogens is 310 g/mol. The molecule has 0 unspecified atom stereocenters. The normalized spacial score (nSPS) is 16.6. The summed E-state index contributed by atoms with van der Waals surface area (Å²) in [4.78, 5) is 22.6. The number of carbonyl (C=O) groups excluding carboxylic acids is 1. The van der Waals surface area contributed by atoms with Crippen LogP contribution in [0.4, 0.5) is 0 Å². The lowest BCUT2D eigenvalue weighted by Crippen LogP contribution is -2.35. The third-order valence-electron chi connectivity index (χ3n) is 4.42. The molecule has 0 N–H and O–H groups in total. The van der Waals surface area contributed by atoms with Crippen LogP contribution in [-0.2, 0) is 13.6 Å². The highest BCUT2D eigenvalue weighted by Crippen LogP contribution is 2.17. The van der Waals surface area contributed by atoms with Gasteiger partial charge in [-0.2, -0.15) is 5.10 Å². The minimum atomic E-state index is 0.0459. The van der Waals surface area contributed by atoms with Crippen molar-refractivity contribution >= 4 is 17.2 Å². The molecule has 0 spiro atoms. The van der Waals surface area contributed by atoms with E-state index in [1.54, 1.807) is 16.0 Å². The van der Waals surface area contributed by atoms with Gasteiger partial charge in [-0.3, -0.25) is 14.4 Å². The largest absolute Gasteiger partial charge is 0.336 e. The Morgan fingerprint density at radius 3 is 2.74 bits per heavy atom. The summed E-state index contributed by atoms with van der Waals surface area (Å²) in [5, 5.41) is 4.31. The standard InChI is InChI=1S/C16H23N5OS/c1-12-9-14(18-19(12)3)16(22)21-6-4-5-20(7-8-21)10-15-13(2)17-11-23-15/h9,11H,4-8,10H2,1-3H3. The van der Waals surface area contributed by atoms with E-state index in [9.17, 15) is 4.79 Å². The number of rotatable bonds is 3. The van der Waals surface area contributed by atoms with Gasteiger partial charge in [-0.05, 0) is 26.3 Å². The molecule has 6 nitrogen and oxygen atoms in total. The van der Waals surface area contributed by atoms with Crippen molar-refractivity contribution in [1.82, 2.24) is 24.6 Å². The van der Waals surface area contributed by atoms with Crippen LogP contribution in [0, 0.1) is 13.8 Å². The maximum atomic E-state index is 12.6. The molecule has 0 saturated carbocycles. The molecule has 23 heavy (non-hydrogen) atoms. The summed E-state index contributed by atoms with van der Waals surface area (Å²) in [6.07, 6.45) is 0.995. The first-order chi connectivity index (χ1) is 11.0. The second-order valence-corrected chi connectivity index (χ2v) is 7.02. The SMILES string of the molecule is Cc1ncsc1CN1CCCN(C(=O)c2cc(C)n(C)n2)CC1. The van der Waals surface area contributed by atoms with Gasteiger partial charge in [-0.25, -0.2) is 4.98 Å². The number of carbonyl (C=O) groups is 1. The van der Waals surface area contributed by atoms with Crippen molar-refractivity contribution < 1.29 is 4.79 Å². The van der Waals surface area contributed by atoms with Crippen LogP contribution in [0.2, 0.25) is 0 Å². The highest BCUT2D eigenvalue weighted by molar-refractivity contribution is 7.09. The molecule has 2 aromatic rings. The smallest absolute Gasteiger partial charge is 0.274 e. The van der Waals surface area contributed by atoms with Gasteiger partial charge in [0.15, 0.2) is 5.69 Å². The quantitative estimate of drug-likeness (QED) is 0.860. The van der Waals surface area contributed by atoms with E-state index in [4.69, 9.17) is 0 Å². The monoisotopic (exact) mass is 333 g/mol. The minimum absolute atomic E-state index is 0.0459. The molecule has 2 aromatic heterocycles. The number of aryl methyl sites for hydroxylation is 3. The molecule has 3 heterocycles. The van der Waals surface area contributed by atoms with E-state index in [-0.39, 0.29) is 5.91 Å². The number of amides is 1. The number of thiazole rings is 1. The van der Waals surface area contributed by atoms with Crippen molar-refractivity contribution in [1.29, 1.82) is 0 Å². The Morgan fingerprint density at radius 2 is 2.09 bits per heavy atom. The van der Waals surface area contributed by atoms with Crippen molar-refractivity contribution in [2.45, 2.75) is 26.8 Å². The molecule has 1 fully saturated rings. The number of hydrogen-bond donors (Lipinski definition) is 0. The first-order valence-corrected chi connectivity index (χ1v) is 8.84. The molecule has 1 aliphatic heterocycles. The second kappa shape index (κ2) is 6.80. The van der Waals surface area contributed by atoms with E-state index >= 15 is 0 Å². The third-order valence-corrected chi connectivity index (χ3v) is 5.34. The summed E-state index contributed by atoms with van der Waals surface area (Å²) in [6, 6.07) is 1.87. The lowest BCUT2D eigenvalue weighted by atomic mass is 10.3. The molecule has 1 saturated heterocycles. The van der Waals surface area contributed by atoms with E-state index < -0.39 is 0 Å². The summed E-state index contributed by atoms with van der Waals surface area (Å²) in [6.45, 7) is 8.42. The van der Waals surface area contributed by atoms with Gasteiger partial charge in [0, 0.05) is 50.3 Å². The number of nitrogens with zero attached hydrogens (tertiary/aromatic N) is 5. The van der Waals surface area contributed by atoms with E-state index in [0.717, 1.165) is 50.5 Å². The summed E-state index contributed by atoms with van der Waals surface area (Å²) in [7, 11) is 1.87. The molecule has 124 valence electrons. The van der Waals surface area contributed by atoms with E-state index in [1.165, 1.54) is 4.88 Å². The Balaban J connectivity index is 1.62. The lowest BCUT2D eigenvalue weighted by Gasteiger charge is -2.21. The fraction of sp³-hybridized carbons (Fsp3) is 0.562. The molecular formula is C16H23N5OS. The van der Waals surface area contributed by atoms with Gasteiger partial charge < -0.3 is 4.90 Å². The summed E-state index contributed by atoms with van der Waals surface area (Å²) >= 11 is 1.71. The van der Waals surface area contributed by atoms with Crippen molar-refractivity contribution in [3.63, 3.8) is 0 Å². The maximum Gasteiger partial charge on any atom is 0.274 e. The van der Waals surface area contributed by atoms with Crippen LogP contribution in [0.3, 0.4) is 0 Å². The predicted molar refractivity (Wildman–Crippen MR) is 90.6 cm³/mol. The molecule has 0 radical (unpaired) electrons. The van der Waals surface area contributed by atoms with Crippen molar-refractivity contribution in [2.24, 2.45) is 7.05 Å². The predicted octanol–water partition coefficient (Wildman–Crippen LogP) is 1.84. The van der Waals surface area contributed by atoms with Crippen molar-refractivity contribution in [3.05, 3.63) is 33.5 Å². The van der Waals surface area contributed by atoms with Gasteiger partial charge in [0.2, 0.25) is 0 Å². The maximum absolute atomic E-state index is 12.6. The number of aromatic nitrogens is 3. The van der Waals surface area contributed by atoms with Crippen LogP contribution in [0.15, 0.2) is 11.6 Å². The Kier molecular flexibility index (Phi) is 4.77. The first kappa shape index (κ1) is 16.1. The minimum Gasteiger partial charge on any atom is -0.336 e. The summed E-state index contributed by atoms with van der Waals surface area (Å²) in [5.74, 6) is 0.0459. The van der Waals surface area contributed by atoms with Crippen molar-refractivity contribution in [2.75, 3.05) is 26.2 Å². The summed E-state index contributed by atoms with van der Waals surface area (Å²) in [5.41, 5.74) is 4.58. The zero-order chi connectivity index (χ0) is 16.4. The molecule has 7 heteroatoms. The topological polar surface area (TPSA) is 54.3 Å². The molecule has 1 amide bonds. The van der Waals surface area contributed by atoms with E-state index in [0.29, 0.717) is 5.69 Å². The zero-order valence-electron chi connectivity index (χ0n) is 13.9. The van der Waals surface area contributed by atoms with Crippen LogP contribution in [-0.4, -0.2) is 56.7 Å². The molecule has 3 rings (SSSR count). The van der Waals surface area contributed by atoms with Crippen LogP contribution in [0.5, 0.6) is 0 Å². The van der Waals surface area contributed by atoms with Gasteiger partial charge in [0.05, 0.1) is 11.2 Å². The van der Waals surface area contributed by atoms with Crippen LogP contribution in [0.25, 0.3) is 0 Å². The fourth-order valence-electron chi connectivity index (χ4n) is 2.84. The van der Waals surface area contributed by atoms with E-state index in [2.05, 4.69) is 21.9 Å². The van der Waals surface area contributed by atoms with Crippen LogP contribution >= 0.6 is 11.3 Å². The molecule has 0 aromatic carbocycles. The van der Waals surface area contributed by atoms with Crippen LogP contribution < -0.4 is 0 Å². The highest BCUT2D eigenvalue weighted by atomic mass is 32.1. The Labute approximate surface area is 140 Å². The Bertz CT molecular complexity index is 673. The second-order valence-electron chi connectivity index (χ2n) is 6.08. The average Bonchev–Trinajstić information content (AvgIpc) is 2.98. The van der Waals surface area contributed by atoms with Gasteiger partial charge >= 0.3 is 0 Å². The van der Waals surface area contributed by atoms with E-state index in [1.807, 2.05) is 30.4 Å². The van der Waals surface area contributed by atoms with Gasteiger partial charge in [0.25, 0.3) is 5.91 Å². The van der Waals surface area contributed by atoms with Gasteiger partial charge in [-0.1, -0.05) is 0 Å². The Hall–Kier alpha value is -1.73. The highest BCUT2D eigenvalue weighted by Gasteiger charge is 2.22. The fourth-order valence-corrected chi connectivity index (χ4v) is 3.66. The van der Waals surface area contributed by atoms with Crippen LogP contribution in [0.1, 0.15) is 33.2 Å². The first-order valence-electron chi connectivity index (χ1n) is 7.96. The lowest BCUT2D eigenvalue weighted by molar-refractivity contribution is 0.0754. The molecule has 0 aliphatic carbocycles. The average molecular weight is 333 g/mol. The van der Waals surface area contributed by atoms with Gasteiger partial charge in [-0.15, -0.1) is 11.3 Å². The molecule has 0 bridgehead atoms. The van der Waals surface area contributed by atoms with Gasteiger partial charge in [0.1, 0.15) is 0 Å². The van der Waals surface area contributed by atoms with Crippen molar-refractivity contribution in [3.8, 4) is 0 Å². The third kappa shape index (κ3) is 3.61. The molecule has 0 atom stereocenters.